The highest BCUT2D eigenvalue weighted by atomic mass is 16.5. The normalized spacial score (nSPS) is 10.6. The van der Waals surface area contributed by atoms with E-state index >= 15 is 0 Å². The van der Waals surface area contributed by atoms with E-state index in [0.717, 1.165) is 22.4 Å². The molecule has 134 valence electrons. The van der Waals surface area contributed by atoms with Crippen LogP contribution in [0.1, 0.15) is 23.9 Å². The molecule has 1 heterocycles. The van der Waals surface area contributed by atoms with Crippen molar-refractivity contribution in [2.75, 3.05) is 11.9 Å². The van der Waals surface area contributed by atoms with Crippen LogP contribution in [0.25, 0.3) is 11.5 Å². The second kappa shape index (κ2) is 7.82. The van der Waals surface area contributed by atoms with Gasteiger partial charge in [-0.1, -0.05) is 30.3 Å². The van der Waals surface area contributed by atoms with Gasteiger partial charge in [-0.15, -0.1) is 0 Å². The van der Waals surface area contributed by atoms with Crippen molar-refractivity contribution in [3.8, 4) is 17.2 Å². The first-order chi connectivity index (χ1) is 12.5. The maximum atomic E-state index is 12.2. The highest BCUT2D eigenvalue weighted by Crippen LogP contribution is 2.23. The van der Waals surface area contributed by atoms with Crippen LogP contribution in [0.15, 0.2) is 47.0 Å². The number of carbonyl (C=O) groups excluding carboxylic acids is 1. The second-order valence-corrected chi connectivity index (χ2v) is 6.05. The van der Waals surface area contributed by atoms with Crippen LogP contribution in [0.3, 0.4) is 0 Å². The maximum Gasteiger partial charge on any atom is 0.262 e. The van der Waals surface area contributed by atoms with E-state index < -0.39 is 0 Å². The van der Waals surface area contributed by atoms with Crippen molar-refractivity contribution in [1.29, 1.82) is 0 Å². The van der Waals surface area contributed by atoms with Gasteiger partial charge in [-0.05, 0) is 49.2 Å². The first-order valence-corrected chi connectivity index (χ1v) is 8.48. The molecule has 0 atom stereocenters. The number of aryl methyl sites for hydroxylation is 3. The van der Waals surface area contributed by atoms with Crippen LogP contribution in [0.5, 0.6) is 5.75 Å². The molecule has 0 saturated heterocycles. The van der Waals surface area contributed by atoms with Gasteiger partial charge in [0.1, 0.15) is 5.75 Å². The van der Waals surface area contributed by atoms with Crippen LogP contribution in [-0.2, 0) is 11.2 Å². The van der Waals surface area contributed by atoms with Gasteiger partial charge < -0.3 is 14.6 Å². The first-order valence-electron chi connectivity index (χ1n) is 8.48. The standard InChI is InChI=1S/C20H21N3O3/c1-4-18-22-20(26-23-18)15-6-5-7-16(11-15)25-12-19(24)21-17-10-13(2)8-9-14(17)3/h5-11H,4,12H2,1-3H3,(H,21,24). The summed E-state index contributed by atoms with van der Waals surface area (Å²) in [6.45, 7) is 5.82. The molecule has 3 aromatic rings. The second-order valence-electron chi connectivity index (χ2n) is 6.05. The third-order valence-electron chi connectivity index (χ3n) is 3.90. The topological polar surface area (TPSA) is 77.2 Å². The molecule has 0 spiro atoms. The van der Waals surface area contributed by atoms with Crippen LogP contribution in [0, 0.1) is 13.8 Å². The number of hydrogen-bond acceptors (Lipinski definition) is 5. The Morgan fingerprint density at radius 2 is 2.04 bits per heavy atom. The van der Waals surface area contributed by atoms with Crippen LogP contribution in [-0.4, -0.2) is 22.7 Å². The molecule has 2 aromatic carbocycles. The van der Waals surface area contributed by atoms with Crippen molar-refractivity contribution in [1.82, 2.24) is 10.1 Å². The molecule has 6 heteroatoms. The molecule has 1 N–H and O–H groups in total. The van der Waals surface area contributed by atoms with E-state index in [1.54, 1.807) is 12.1 Å². The molecule has 1 amide bonds. The predicted octanol–water partition coefficient (Wildman–Crippen LogP) is 3.93. The van der Waals surface area contributed by atoms with E-state index in [1.807, 2.05) is 51.1 Å². The Morgan fingerprint density at radius 3 is 2.81 bits per heavy atom. The summed E-state index contributed by atoms with van der Waals surface area (Å²) in [4.78, 5) is 16.5. The number of rotatable bonds is 6. The molecular formula is C20H21N3O3. The number of aromatic nitrogens is 2. The number of hydrogen-bond donors (Lipinski definition) is 1. The van der Waals surface area contributed by atoms with E-state index in [2.05, 4.69) is 15.5 Å². The highest BCUT2D eigenvalue weighted by Gasteiger charge is 2.10. The van der Waals surface area contributed by atoms with Crippen molar-refractivity contribution in [3.05, 3.63) is 59.4 Å². The fraction of sp³-hybridized carbons (Fsp3) is 0.250. The molecule has 26 heavy (non-hydrogen) atoms. The maximum absolute atomic E-state index is 12.2. The number of nitrogens with zero attached hydrogens (tertiary/aromatic N) is 2. The van der Waals surface area contributed by atoms with Gasteiger partial charge in [0.15, 0.2) is 12.4 Å². The SMILES string of the molecule is CCc1noc(-c2cccc(OCC(=O)Nc3cc(C)ccc3C)c2)n1. The number of amides is 1. The van der Waals surface area contributed by atoms with Gasteiger partial charge in [0.05, 0.1) is 0 Å². The van der Waals surface area contributed by atoms with Crippen LogP contribution in [0.2, 0.25) is 0 Å². The minimum atomic E-state index is -0.213. The van der Waals surface area contributed by atoms with Crippen LogP contribution in [0.4, 0.5) is 5.69 Å². The lowest BCUT2D eigenvalue weighted by Gasteiger charge is -2.10. The summed E-state index contributed by atoms with van der Waals surface area (Å²) in [5, 5.41) is 6.76. The lowest BCUT2D eigenvalue weighted by molar-refractivity contribution is -0.118. The summed E-state index contributed by atoms with van der Waals surface area (Å²) in [5.41, 5.74) is 3.65. The van der Waals surface area contributed by atoms with E-state index in [0.29, 0.717) is 23.9 Å². The monoisotopic (exact) mass is 351 g/mol. The van der Waals surface area contributed by atoms with Gasteiger partial charge in [0, 0.05) is 17.7 Å². The van der Waals surface area contributed by atoms with Crippen molar-refractivity contribution in [3.63, 3.8) is 0 Å². The van der Waals surface area contributed by atoms with E-state index in [1.165, 1.54) is 0 Å². The quantitative estimate of drug-likeness (QED) is 0.728. The Balaban J connectivity index is 1.63. The number of anilines is 1. The van der Waals surface area contributed by atoms with Gasteiger partial charge in [-0.25, -0.2) is 0 Å². The lowest BCUT2D eigenvalue weighted by Crippen LogP contribution is -2.20. The van der Waals surface area contributed by atoms with Crippen molar-refractivity contribution < 1.29 is 14.1 Å². The van der Waals surface area contributed by atoms with Crippen molar-refractivity contribution in [2.24, 2.45) is 0 Å². The van der Waals surface area contributed by atoms with Gasteiger partial charge in [0.2, 0.25) is 0 Å². The number of nitrogens with one attached hydrogen (secondary N) is 1. The smallest absolute Gasteiger partial charge is 0.262 e. The van der Waals surface area contributed by atoms with E-state index in [9.17, 15) is 4.79 Å². The molecule has 0 aliphatic carbocycles. The van der Waals surface area contributed by atoms with Gasteiger partial charge >= 0.3 is 0 Å². The van der Waals surface area contributed by atoms with E-state index in [4.69, 9.17) is 9.26 Å². The summed E-state index contributed by atoms with van der Waals surface area (Å²) in [7, 11) is 0. The number of ether oxygens (including phenoxy) is 1. The number of carbonyl (C=O) groups is 1. The molecule has 6 nitrogen and oxygen atoms in total. The van der Waals surface area contributed by atoms with Gasteiger partial charge in [-0.3, -0.25) is 4.79 Å². The number of benzene rings is 2. The zero-order valence-corrected chi connectivity index (χ0v) is 15.1. The minimum Gasteiger partial charge on any atom is -0.484 e. The summed E-state index contributed by atoms with van der Waals surface area (Å²) >= 11 is 0. The summed E-state index contributed by atoms with van der Waals surface area (Å²) in [5.74, 6) is 1.44. The molecule has 0 unspecified atom stereocenters. The Bertz CT molecular complexity index is 918. The Morgan fingerprint density at radius 1 is 1.19 bits per heavy atom. The van der Waals surface area contributed by atoms with Gasteiger partial charge in [-0.2, -0.15) is 4.98 Å². The predicted molar refractivity (Wildman–Crippen MR) is 99.2 cm³/mol. The molecule has 0 aliphatic rings. The summed E-state index contributed by atoms with van der Waals surface area (Å²) in [6.07, 6.45) is 0.707. The molecule has 0 saturated carbocycles. The Labute approximate surface area is 152 Å². The molecule has 0 bridgehead atoms. The fourth-order valence-corrected chi connectivity index (χ4v) is 2.44. The average molecular weight is 351 g/mol. The van der Waals surface area contributed by atoms with Crippen molar-refractivity contribution >= 4 is 11.6 Å². The third kappa shape index (κ3) is 4.27. The fourth-order valence-electron chi connectivity index (χ4n) is 2.44. The van der Waals surface area contributed by atoms with Crippen LogP contribution < -0.4 is 10.1 Å². The zero-order chi connectivity index (χ0) is 18.5. The molecule has 3 rings (SSSR count). The molecule has 1 aromatic heterocycles. The molecule has 0 aliphatic heterocycles. The minimum absolute atomic E-state index is 0.0825. The summed E-state index contributed by atoms with van der Waals surface area (Å²) in [6, 6.07) is 13.2. The molecule has 0 fully saturated rings. The lowest BCUT2D eigenvalue weighted by atomic mass is 10.1. The largest absolute Gasteiger partial charge is 0.484 e. The molecular weight excluding hydrogens is 330 g/mol. The highest BCUT2D eigenvalue weighted by molar-refractivity contribution is 5.92. The first kappa shape index (κ1) is 17.7. The van der Waals surface area contributed by atoms with Gasteiger partial charge in [0.25, 0.3) is 11.8 Å². The summed E-state index contributed by atoms with van der Waals surface area (Å²) < 4.78 is 10.8. The van der Waals surface area contributed by atoms with Crippen LogP contribution >= 0.6 is 0 Å². The average Bonchev–Trinajstić information content (AvgIpc) is 3.13. The molecule has 0 radical (unpaired) electrons. The van der Waals surface area contributed by atoms with Crippen molar-refractivity contribution in [2.45, 2.75) is 27.2 Å². The Hall–Kier alpha value is -3.15. The van der Waals surface area contributed by atoms with E-state index in [-0.39, 0.29) is 12.5 Å². The zero-order valence-electron chi connectivity index (χ0n) is 15.1. The Kier molecular flexibility index (Phi) is 5.31. The third-order valence-corrected chi connectivity index (χ3v) is 3.90.